The van der Waals surface area contributed by atoms with Crippen LogP contribution in [-0.4, -0.2) is 39.2 Å². The number of rotatable bonds is 7. The molecule has 1 atom stereocenters. The van der Waals surface area contributed by atoms with Crippen molar-refractivity contribution in [1.29, 1.82) is 0 Å². The van der Waals surface area contributed by atoms with Gasteiger partial charge in [0, 0.05) is 12.6 Å². The SMILES string of the molecule is CC(C)(C)OC(=O)NC[C@@H](N)CO[Si](c1ccccc1)(c1ccccc1)C(C)(C)C. The van der Waals surface area contributed by atoms with Gasteiger partial charge in [-0.2, -0.15) is 0 Å². The Morgan fingerprint density at radius 3 is 1.80 bits per heavy atom. The van der Waals surface area contributed by atoms with Crippen LogP contribution in [0.3, 0.4) is 0 Å². The van der Waals surface area contributed by atoms with Gasteiger partial charge in [-0.3, -0.25) is 0 Å². The van der Waals surface area contributed by atoms with E-state index in [4.69, 9.17) is 14.9 Å². The third-order valence-corrected chi connectivity index (χ3v) is 9.84. The van der Waals surface area contributed by atoms with Crippen LogP contribution in [0, 0.1) is 0 Å². The lowest BCUT2D eigenvalue weighted by atomic mass is 10.2. The summed E-state index contributed by atoms with van der Waals surface area (Å²) < 4.78 is 12.1. The lowest BCUT2D eigenvalue weighted by Gasteiger charge is -2.43. The molecule has 0 unspecified atom stereocenters. The Hall–Kier alpha value is -2.15. The van der Waals surface area contributed by atoms with Crippen LogP contribution in [0.1, 0.15) is 41.5 Å². The fraction of sp³-hybridized carbons (Fsp3) is 0.458. The molecule has 0 heterocycles. The summed E-state index contributed by atoms with van der Waals surface area (Å²) in [5, 5.41) is 5.04. The smallest absolute Gasteiger partial charge is 0.407 e. The Kier molecular flexibility index (Phi) is 7.85. The van der Waals surface area contributed by atoms with Gasteiger partial charge in [0.25, 0.3) is 8.32 Å². The summed E-state index contributed by atoms with van der Waals surface area (Å²) in [6.45, 7) is 12.8. The number of carbonyl (C=O) groups excluding carboxylic acids is 1. The third kappa shape index (κ3) is 6.17. The quantitative estimate of drug-likeness (QED) is 0.663. The van der Waals surface area contributed by atoms with Gasteiger partial charge in [-0.15, -0.1) is 0 Å². The van der Waals surface area contributed by atoms with Gasteiger partial charge >= 0.3 is 6.09 Å². The highest BCUT2D eigenvalue weighted by Gasteiger charge is 2.50. The molecular weight excluding hydrogens is 392 g/mol. The van der Waals surface area contributed by atoms with E-state index in [9.17, 15) is 4.79 Å². The van der Waals surface area contributed by atoms with Gasteiger partial charge < -0.3 is 20.2 Å². The monoisotopic (exact) mass is 428 g/mol. The maximum absolute atomic E-state index is 11.9. The van der Waals surface area contributed by atoms with Gasteiger partial charge in [0.15, 0.2) is 0 Å². The molecule has 0 aliphatic carbocycles. The Morgan fingerprint density at radius 2 is 1.40 bits per heavy atom. The molecule has 0 fully saturated rings. The van der Waals surface area contributed by atoms with Gasteiger partial charge in [-0.1, -0.05) is 81.4 Å². The van der Waals surface area contributed by atoms with Crippen molar-refractivity contribution in [2.45, 2.75) is 58.2 Å². The third-order valence-electron chi connectivity index (χ3n) is 4.84. The van der Waals surface area contributed by atoms with E-state index in [0.29, 0.717) is 6.61 Å². The van der Waals surface area contributed by atoms with Gasteiger partial charge in [0.1, 0.15) is 5.60 Å². The zero-order chi connectivity index (χ0) is 22.4. The second-order valence-electron chi connectivity index (χ2n) is 9.62. The largest absolute Gasteiger partial charge is 0.444 e. The van der Waals surface area contributed by atoms with Gasteiger partial charge in [0.2, 0.25) is 0 Å². The maximum Gasteiger partial charge on any atom is 0.407 e. The van der Waals surface area contributed by atoms with Crippen molar-refractivity contribution >= 4 is 24.8 Å². The van der Waals surface area contributed by atoms with Crippen molar-refractivity contribution in [1.82, 2.24) is 5.32 Å². The average Bonchev–Trinajstić information content (AvgIpc) is 2.66. The molecular formula is C24H36N2O3Si. The van der Waals surface area contributed by atoms with Crippen LogP contribution >= 0.6 is 0 Å². The van der Waals surface area contributed by atoms with E-state index in [1.54, 1.807) is 0 Å². The molecule has 0 aromatic heterocycles. The fourth-order valence-electron chi connectivity index (χ4n) is 3.58. The second-order valence-corrected chi connectivity index (χ2v) is 13.9. The molecule has 2 aromatic rings. The number of nitrogens with one attached hydrogen (secondary N) is 1. The van der Waals surface area contributed by atoms with Crippen LogP contribution in [0.25, 0.3) is 0 Å². The highest BCUT2D eigenvalue weighted by Crippen LogP contribution is 2.36. The Labute approximate surface area is 182 Å². The van der Waals surface area contributed by atoms with Crippen molar-refractivity contribution in [2.24, 2.45) is 5.73 Å². The van der Waals surface area contributed by atoms with E-state index in [1.165, 1.54) is 10.4 Å². The second kappa shape index (κ2) is 9.77. The molecule has 6 heteroatoms. The molecule has 0 spiro atoms. The molecule has 0 saturated heterocycles. The Morgan fingerprint density at radius 1 is 0.933 bits per heavy atom. The van der Waals surface area contributed by atoms with E-state index in [0.717, 1.165) is 0 Å². The molecule has 2 rings (SSSR count). The van der Waals surface area contributed by atoms with E-state index in [2.05, 4.69) is 74.6 Å². The number of nitrogens with two attached hydrogens (primary N) is 1. The summed E-state index contributed by atoms with van der Waals surface area (Å²) >= 11 is 0. The highest BCUT2D eigenvalue weighted by atomic mass is 28.4. The molecule has 5 nitrogen and oxygen atoms in total. The molecule has 0 radical (unpaired) electrons. The van der Waals surface area contributed by atoms with Crippen molar-refractivity contribution in [3.8, 4) is 0 Å². The number of alkyl carbamates (subject to hydrolysis) is 1. The normalized spacial score (nSPS) is 13.6. The zero-order valence-corrected chi connectivity index (χ0v) is 20.1. The molecule has 0 aliphatic heterocycles. The maximum atomic E-state index is 11.9. The lowest BCUT2D eigenvalue weighted by Crippen LogP contribution is -2.67. The van der Waals surface area contributed by atoms with Crippen molar-refractivity contribution in [3.05, 3.63) is 60.7 Å². The van der Waals surface area contributed by atoms with E-state index < -0.39 is 20.0 Å². The molecule has 2 aromatic carbocycles. The van der Waals surface area contributed by atoms with E-state index >= 15 is 0 Å². The number of carbonyl (C=O) groups is 1. The number of amides is 1. The summed E-state index contributed by atoms with van der Waals surface area (Å²) in [7, 11) is -2.63. The van der Waals surface area contributed by atoms with Crippen LogP contribution in [0.5, 0.6) is 0 Å². The molecule has 0 saturated carbocycles. The van der Waals surface area contributed by atoms with Crippen LogP contribution in [0.2, 0.25) is 5.04 Å². The summed E-state index contributed by atoms with van der Waals surface area (Å²) in [5.41, 5.74) is 5.78. The van der Waals surface area contributed by atoms with E-state index in [1.807, 2.05) is 32.9 Å². The molecule has 1 amide bonds. The van der Waals surface area contributed by atoms with Crippen molar-refractivity contribution in [2.75, 3.05) is 13.2 Å². The molecule has 30 heavy (non-hydrogen) atoms. The Bertz CT molecular complexity index is 759. The first-order valence-electron chi connectivity index (χ1n) is 10.4. The van der Waals surface area contributed by atoms with Gasteiger partial charge in [-0.25, -0.2) is 4.79 Å². The van der Waals surface area contributed by atoms with Crippen molar-refractivity contribution in [3.63, 3.8) is 0 Å². The fourth-order valence-corrected chi connectivity index (χ4v) is 8.20. The summed E-state index contributed by atoms with van der Waals surface area (Å²) in [6, 6.07) is 20.5. The summed E-state index contributed by atoms with van der Waals surface area (Å²) in [4.78, 5) is 11.9. The van der Waals surface area contributed by atoms with Crippen LogP contribution in [0.4, 0.5) is 4.79 Å². The number of benzene rings is 2. The predicted octanol–water partition coefficient (Wildman–Crippen LogP) is 3.42. The molecule has 0 aliphatic rings. The zero-order valence-electron chi connectivity index (χ0n) is 19.1. The van der Waals surface area contributed by atoms with Gasteiger partial charge in [-0.05, 0) is 36.2 Å². The minimum Gasteiger partial charge on any atom is -0.444 e. The minimum absolute atomic E-state index is 0.117. The predicted molar refractivity (Wildman–Crippen MR) is 126 cm³/mol. The molecule has 3 N–H and O–H groups in total. The topological polar surface area (TPSA) is 73.6 Å². The van der Waals surface area contributed by atoms with Crippen LogP contribution in [0.15, 0.2) is 60.7 Å². The first-order chi connectivity index (χ1) is 14.0. The highest BCUT2D eigenvalue weighted by molar-refractivity contribution is 6.99. The number of ether oxygens (including phenoxy) is 1. The number of hydrogen-bond acceptors (Lipinski definition) is 4. The van der Waals surface area contributed by atoms with Gasteiger partial charge in [0.05, 0.1) is 6.61 Å². The van der Waals surface area contributed by atoms with Crippen LogP contribution < -0.4 is 21.4 Å². The molecule has 164 valence electrons. The summed E-state index contributed by atoms with van der Waals surface area (Å²) in [5.74, 6) is 0. The Balaban J connectivity index is 2.24. The lowest BCUT2D eigenvalue weighted by molar-refractivity contribution is 0.0521. The average molecular weight is 429 g/mol. The van der Waals surface area contributed by atoms with Crippen molar-refractivity contribution < 1.29 is 14.0 Å². The summed E-state index contributed by atoms with van der Waals surface area (Å²) in [6.07, 6.45) is -0.469. The number of hydrogen-bond donors (Lipinski definition) is 2. The first-order valence-corrected chi connectivity index (χ1v) is 12.3. The minimum atomic E-state index is -2.63. The standard InChI is InChI=1S/C24H36N2O3Si/c1-23(2,3)29-22(27)26-17-19(25)18-28-30(24(4,5)6,20-13-9-7-10-14-20)21-15-11-8-12-16-21/h7-16,19H,17-18,25H2,1-6H3,(H,26,27)/t19-/m1/s1. The first kappa shape index (κ1) is 24.1. The van der Waals surface area contributed by atoms with Crippen LogP contribution in [-0.2, 0) is 9.16 Å². The molecule has 0 bridgehead atoms. The van der Waals surface area contributed by atoms with E-state index in [-0.39, 0.29) is 17.6 Å².